The molecule has 0 spiro atoms. The van der Waals surface area contributed by atoms with E-state index in [0.29, 0.717) is 22.9 Å². The van der Waals surface area contributed by atoms with Gasteiger partial charge in [-0.2, -0.15) is 0 Å². The van der Waals surface area contributed by atoms with Gasteiger partial charge in [-0.3, -0.25) is 9.59 Å². The highest BCUT2D eigenvalue weighted by atomic mass is 16.6. The summed E-state index contributed by atoms with van der Waals surface area (Å²) < 4.78 is 16.4. The summed E-state index contributed by atoms with van der Waals surface area (Å²) in [5.74, 6) is -0.913. The number of anilines is 1. The molecule has 0 bridgehead atoms. The van der Waals surface area contributed by atoms with Crippen LogP contribution in [0.3, 0.4) is 0 Å². The summed E-state index contributed by atoms with van der Waals surface area (Å²) in [4.78, 5) is 27.0. The van der Waals surface area contributed by atoms with Gasteiger partial charge in [0.05, 0.1) is 26.0 Å². The standard InChI is InChI=1S/C22H24N4O7/c1-24(12-19-22(30)33-23-26(19)16-6-10-18(32-3)11-7-16)20(27)13-25(14-21(28)29)15-4-8-17(31-2)9-5-15/h4-11H,12-14H2,1-3H3,(H-,23,28,29,30). The number of methoxy groups -OCH3 is 2. The summed E-state index contributed by atoms with van der Waals surface area (Å²) in [6, 6.07) is 13.5. The fraction of sp³-hybridized carbons (Fsp3) is 0.273. The SMILES string of the molecule is COc1ccc(N(CC(=O)O)CC(=O)N(C)Cc2c([O-])on[n+]2-c2ccc(OC)cc2)cc1. The normalized spacial score (nSPS) is 10.5. The number of carbonyl (C=O) groups excluding carboxylic acids is 1. The van der Waals surface area contributed by atoms with Crippen molar-refractivity contribution in [2.75, 3.05) is 39.3 Å². The molecule has 0 aliphatic heterocycles. The molecular formula is C22H24N4O7. The number of hydrogen-bond donors (Lipinski definition) is 1. The molecule has 3 rings (SSSR count). The topological polar surface area (TPSA) is 132 Å². The molecule has 0 fully saturated rings. The Morgan fingerprint density at radius 2 is 1.61 bits per heavy atom. The van der Waals surface area contributed by atoms with Crippen LogP contribution in [-0.4, -0.2) is 61.5 Å². The number of amides is 1. The Balaban J connectivity index is 1.76. The summed E-state index contributed by atoms with van der Waals surface area (Å²) in [6.07, 6.45) is 0. The van der Waals surface area contributed by atoms with E-state index < -0.39 is 17.8 Å². The Morgan fingerprint density at radius 3 is 2.15 bits per heavy atom. The van der Waals surface area contributed by atoms with E-state index in [1.54, 1.807) is 55.6 Å². The van der Waals surface area contributed by atoms with Crippen LogP contribution in [0.25, 0.3) is 5.69 Å². The third-order valence-electron chi connectivity index (χ3n) is 4.92. The fourth-order valence-corrected chi connectivity index (χ4v) is 3.12. The molecule has 1 amide bonds. The second kappa shape index (κ2) is 10.4. The minimum Gasteiger partial charge on any atom is -0.539 e. The third kappa shape index (κ3) is 5.70. The molecule has 11 heteroatoms. The predicted molar refractivity (Wildman–Crippen MR) is 113 cm³/mol. The molecule has 0 aliphatic carbocycles. The Hall–Kier alpha value is -4.28. The number of hydrogen-bond acceptors (Lipinski definition) is 8. The Kier molecular flexibility index (Phi) is 7.34. The molecule has 1 heterocycles. The number of nitrogens with zero attached hydrogens (tertiary/aromatic N) is 4. The van der Waals surface area contributed by atoms with Crippen molar-refractivity contribution in [1.82, 2.24) is 10.2 Å². The van der Waals surface area contributed by atoms with Gasteiger partial charge < -0.3 is 34.0 Å². The van der Waals surface area contributed by atoms with Crippen molar-refractivity contribution >= 4 is 17.6 Å². The molecule has 0 unspecified atom stereocenters. The van der Waals surface area contributed by atoms with E-state index in [0.717, 1.165) is 0 Å². The number of carboxylic acids is 1. The molecule has 174 valence electrons. The summed E-state index contributed by atoms with van der Waals surface area (Å²) >= 11 is 0. The Labute approximate surface area is 189 Å². The summed E-state index contributed by atoms with van der Waals surface area (Å²) in [7, 11) is 4.58. The van der Waals surface area contributed by atoms with Crippen LogP contribution >= 0.6 is 0 Å². The van der Waals surface area contributed by atoms with E-state index in [1.165, 1.54) is 28.6 Å². The highest BCUT2D eigenvalue weighted by Gasteiger charge is 2.25. The van der Waals surface area contributed by atoms with Gasteiger partial charge in [-0.1, -0.05) is 0 Å². The number of carboxylic acid groups (broad SMARTS) is 1. The summed E-state index contributed by atoms with van der Waals surface area (Å²) in [5, 5.41) is 25.3. The molecule has 0 radical (unpaired) electrons. The first-order valence-corrected chi connectivity index (χ1v) is 9.89. The molecule has 0 atom stereocenters. The minimum absolute atomic E-state index is 0.0866. The molecule has 2 aromatic carbocycles. The van der Waals surface area contributed by atoms with Gasteiger partial charge in [0.2, 0.25) is 11.6 Å². The van der Waals surface area contributed by atoms with E-state index in [2.05, 4.69) is 5.27 Å². The van der Waals surface area contributed by atoms with Crippen LogP contribution in [0.15, 0.2) is 53.1 Å². The van der Waals surface area contributed by atoms with Gasteiger partial charge in [0.15, 0.2) is 5.95 Å². The smallest absolute Gasteiger partial charge is 0.323 e. The van der Waals surface area contributed by atoms with Crippen molar-refractivity contribution < 1.29 is 38.5 Å². The Morgan fingerprint density at radius 1 is 1.03 bits per heavy atom. The zero-order valence-electron chi connectivity index (χ0n) is 18.4. The van der Waals surface area contributed by atoms with E-state index in [9.17, 15) is 19.8 Å². The zero-order valence-corrected chi connectivity index (χ0v) is 18.4. The molecule has 0 aliphatic rings. The van der Waals surface area contributed by atoms with Crippen LogP contribution in [0, 0.1) is 0 Å². The maximum absolute atomic E-state index is 12.9. The molecule has 0 saturated carbocycles. The minimum atomic E-state index is -1.08. The average molecular weight is 456 g/mol. The largest absolute Gasteiger partial charge is 0.539 e. The van der Waals surface area contributed by atoms with Crippen LogP contribution in [0.1, 0.15) is 5.69 Å². The van der Waals surface area contributed by atoms with Gasteiger partial charge in [-0.05, 0) is 41.1 Å². The van der Waals surface area contributed by atoms with Crippen LogP contribution < -0.4 is 24.2 Å². The van der Waals surface area contributed by atoms with Gasteiger partial charge in [0.25, 0.3) is 5.69 Å². The lowest BCUT2D eigenvalue weighted by Gasteiger charge is -2.25. The highest BCUT2D eigenvalue weighted by Crippen LogP contribution is 2.20. The number of likely N-dealkylation sites (N-methyl/N-ethyl adjacent to an activating group) is 1. The number of rotatable bonds is 10. The van der Waals surface area contributed by atoms with Crippen molar-refractivity contribution in [2.24, 2.45) is 0 Å². The molecular weight excluding hydrogens is 432 g/mol. The van der Waals surface area contributed by atoms with E-state index in [4.69, 9.17) is 14.0 Å². The average Bonchev–Trinajstić information content (AvgIpc) is 3.18. The quantitative estimate of drug-likeness (QED) is 0.435. The second-order valence-electron chi connectivity index (χ2n) is 7.11. The molecule has 1 aromatic heterocycles. The molecule has 1 N–H and O–H groups in total. The van der Waals surface area contributed by atoms with Crippen molar-refractivity contribution in [1.29, 1.82) is 0 Å². The first-order valence-electron chi connectivity index (χ1n) is 9.89. The monoisotopic (exact) mass is 456 g/mol. The summed E-state index contributed by atoms with van der Waals surface area (Å²) in [5.41, 5.74) is 1.25. The van der Waals surface area contributed by atoms with Gasteiger partial charge in [-0.25, -0.2) is 0 Å². The molecule has 11 nitrogen and oxygen atoms in total. The fourth-order valence-electron chi connectivity index (χ4n) is 3.12. The van der Waals surface area contributed by atoms with E-state index in [-0.39, 0.29) is 25.3 Å². The lowest BCUT2D eigenvalue weighted by atomic mass is 10.2. The number of aromatic nitrogens is 2. The molecule has 3 aromatic rings. The third-order valence-corrected chi connectivity index (χ3v) is 4.92. The predicted octanol–water partition coefficient (Wildman–Crippen LogP) is 0.592. The first-order chi connectivity index (χ1) is 15.8. The van der Waals surface area contributed by atoms with Gasteiger partial charge in [0, 0.05) is 24.9 Å². The molecule has 33 heavy (non-hydrogen) atoms. The van der Waals surface area contributed by atoms with Crippen LogP contribution in [0.4, 0.5) is 5.69 Å². The van der Waals surface area contributed by atoms with Crippen LogP contribution in [0.2, 0.25) is 0 Å². The first kappa shape index (κ1) is 23.4. The van der Waals surface area contributed by atoms with Crippen molar-refractivity contribution in [3.63, 3.8) is 0 Å². The lowest BCUT2D eigenvalue weighted by molar-refractivity contribution is -0.678. The van der Waals surface area contributed by atoms with Gasteiger partial charge in [-0.15, -0.1) is 0 Å². The maximum atomic E-state index is 12.9. The maximum Gasteiger partial charge on any atom is 0.323 e. The Bertz CT molecular complexity index is 1100. The number of benzene rings is 2. The summed E-state index contributed by atoms with van der Waals surface area (Å²) in [6.45, 7) is -0.675. The highest BCUT2D eigenvalue weighted by molar-refractivity contribution is 5.84. The molecule has 0 saturated heterocycles. The van der Waals surface area contributed by atoms with Crippen molar-refractivity contribution in [2.45, 2.75) is 6.54 Å². The number of aliphatic carboxylic acids is 1. The van der Waals surface area contributed by atoms with Crippen molar-refractivity contribution in [3.05, 3.63) is 54.2 Å². The van der Waals surface area contributed by atoms with E-state index in [1.807, 2.05) is 0 Å². The van der Waals surface area contributed by atoms with Crippen molar-refractivity contribution in [3.8, 4) is 23.1 Å². The number of carbonyl (C=O) groups is 2. The second-order valence-corrected chi connectivity index (χ2v) is 7.11. The van der Waals surface area contributed by atoms with E-state index >= 15 is 0 Å². The van der Waals surface area contributed by atoms with Gasteiger partial charge in [0.1, 0.15) is 24.6 Å². The number of ether oxygens (including phenoxy) is 2. The lowest BCUT2D eigenvalue weighted by Crippen LogP contribution is -2.44. The van der Waals surface area contributed by atoms with Crippen LogP contribution in [0.5, 0.6) is 17.4 Å². The van der Waals surface area contributed by atoms with Gasteiger partial charge >= 0.3 is 5.97 Å². The zero-order chi connectivity index (χ0) is 24.0. The van der Waals surface area contributed by atoms with Crippen LogP contribution in [-0.2, 0) is 16.1 Å².